The van der Waals surface area contributed by atoms with Crippen LogP contribution in [0.5, 0.6) is 0 Å². The van der Waals surface area contributed by atoms with Gasteiger partial charge in [0.25, 0.3) is 0 Å². The maximum absolute atomic E-state index is 6.22. The van der Waals surface area contributed by atoms with Crippen LogP contribution in [0.25, 0.3) is 0 Å². The van der Waals surface area contributed by atoms with Crippen LogP contribution in [0, 0.1) is 0 Å². The van der Waals surface area contributed by atoms with Crippen molar-refractivity contribution < 1.29 is 0 Å². The summed E-state index contributed by atoms with van der Waals surface area (Å²) in [7, 11) is 4.36. The smallest absolute Gasteiger partial charge is 0.0426 e. The van der Waals surface area contributed by atoms with Gasteiger partial charge < -0.3 is 15.1 Å². The second-order valence-electron chi connectivity index (χ2n) is 6.13. The molecule has 1 aromatic rings. The van der Waals surface area contributed by atoms with Gasteiger partial charge in [-0.1, -0.05) is 24.6 Å². The molecule has 0 amide bonds. The number of nitrogens with zero attached hydrogens (tertiary/aromatic N) is 2. The second kappa shape index (κ2) is 8.02. The van der Waals surface area contributed by atoms with E-state index in [9.17, 15) is 0 Å². The number of nitrogens with one attached hydrogen (secondary N) is 1. The van der Waals surface area contributed by atoms with Crippen molar-refractivity contribution in [2.75, 3.05) is 38.6 Å². The van der Waals surface area contributed by atoms with E-state index in [1.54, 1.807) is 0 Å². The lowest BCUT2D eigenvalue weighted by Gasteiger charge is -2.37. The van der Waals surface area contributed by atoms with Gasteiger partial charge in [-0.3, -0.25) is 0 Å². The molecule has 0 aliphatic carbocycles. The first-order valence-corrected chi connectivity index (χ1v) is 8.40. The average Bonchev–Trinajstić information content (AvgIpc) is 2.49. The Bertz CT molecular complexity index is 440. The fourth-order valence-corrected chi connectivity index (χ4v) is 3.17. The molecule has 0 aromatic heterocycles. The van der Waals surface area contributed by atoms with Crippen LogP contribution < -0.4 is 10.2 Å². The van der Waals surface area contributed by atoms with Crippen molar-refractivity contribution in [3.63, 3.8) is 0 Å². The molecule has 0 radical (unpaired) electrons. The van der Waals surface area contributed by atoms with Gasteiger partial charge in [0.05, 0.1) is 0 Å². The molecule has 1 N–H and O–H groups in total. The predicted molar refractivity (Wildman–Crippen MR) is 92.4 cm³/mol. The Labute approximate surface area is 134 Å². The summed E-state index contributed by atoms with van der Waals surface area (Å²) >= 11 is 6.22. The molecular formula is C17H28ClN3. The van der Waals surface area contributed by atoms with Crippen molar-refractivity contribution in [1.29, 1.82) is 0 Å². The van der Waals surface area contributed by atoms with Gasteiger partial charge in [-0.05, 0) is 57.6 Å². The Morgan fingerprint density at radius 1 is 1.29 bits per heavy atom. The molecule has 21 heavy (non-hydrogen) atoms. The van der Waals surface area contributed by atoms with E-state index in [4.69, 9.17) is 11.6 Å². The third-order valence-corrected chi connectivity index (χ3v) is 4.56. The highest BCUT2D eigenvalue weighted by Crippen LogP contribution is 2.28. The first-order chi connectivity index (χ1) is 10.1. The minimum absolute atomic E-state index is 0.710. The number of benzene rings is 1. The zero-order valence-corrected chi connectivity index (χ0v) is 14.3. The molecule has 1 aliphatic rings. The molecule has 0 spiro atoms. The van der Waals surface area contributed by atoms with Gasteiger partial charge in [-0.15, -0.1) is 0 Å². The zero-order valence-electron chi connectivity index (χ0n) is 13.5. The molecule has 1 aliphatic heterocycles. The van der Waals surface area contributed by atoms with Gasteiger partial charge in [0.2, 0.25) is 0 Å². The Morgan fingerprint density at radius 3 is 2.62 bits per heavy atom. The Morgan fingerprint density at radius 2 is 2.00 bits per heavy atom. The monoisotopic (exact) mass is 309 g/mol. The van der Waals surface area contributed by atoms with Gasteiger partial charge in [-0.2, -0.15) is 0 Å². The van der Waals surface area contributed by atoms with Crippen molar-refractivity contribution in [3.8, 4) is 0 Å². The highest BCUT2D eigenvalue weighted by Gasteiger charge is 2.22. The van der Waals surface area contributed by atoms with Crippen LogP contribution in [0.2, 0.25) is 5.02 Å². The second-order valence-corrected chi connectivity index (χ2v) is 6.57. The summed E-state index contributed by atoms with van der Waals surface area (Å²) in [4.78, 5) is 4.84. The molecule has 3 nitrogen and oxygen atoms in total. The van der Waals surface area contributed by atoms with Gasteiger partial charge in [0.1, 0.15) is 0 Å². The third kappa shape index (κ3) is 4.60. The van der Waals surface area contributed by atoms with E-state index in [-0.39, 0.29) is 0 Å². The third-order valence-electron chi connectivity index (χ3n) is 4.33. The van der Waals surface area contributed by atoms with Crippen LogP contribution >= 0.6 is 11.6 Å². The summed E-state index contributed by atoms with van der Waals surface area (Å²) in [5.74, 6) is 0. The average molecular weight is 310 g/mol. The Kier molecular flexibility index (Phi) is 6.34. The minimum atomic E-state index is 0.710. The molecule has 1 fully saturated rings. The highest BCUT2D eigenvalue weighted by molar-refractivity contribution is 6.30. The highest BCUT2D eigenvalue weighted by atomic mass is 35.5. The largest absolute Gasteiger partial charge is 0.371 e. The molecule has 118 valence electrons. The Balaban J connectivity index is 2.06. The Hall–Kier alpha value is -0.770. The standard InChI is InChI=1S/C17H28ClN3/c1-4-9-19-13-14-5-6-15(18)12-17(14)21-10-7-16(8-11-21)20(2)3/h5-6,12,16,19H,4,7-11,13H2,1-3H3. The fourth-order valence-electron chi connectivity index (χ4n) is 3.00. The van der Waals surface area contributed by atoms with E-state index in [1.165, 1.54) is 24.1 Å². The van der Waals surface area contributed by atoms with E-state index in [0.29, 0.717) is 6.04 Å². The van der Waals surface area contributed by atoms with Gasteiger partial charge in [0.15, 0.2) is 0 Å². The summed E-state index contributed by atoms with van der Waals surface area (Å²) in [5.41, 5.74) is 2.67. The first kappa shape index (κ1) is 16.6. The van der Waals surface area contributed by atoms with Crippen molar-refractivity contribution in [2.24, 2.45) is 0 Å². The van der Waals surface area contributed by atoms with Crippen molar-refractivity contribution in [1.82, 2.24) is 10.2 Å². The molecule has 2 rings (SSSR count). The molecular weight excluding hydrogens is 282 g/mol. The van der Waals surface area contributed by atoms with Crippen molar-refractivity contribution in [2.45, 2.75) is 38.8 Å². The molecule has 1 aromatic carbocycles. The van der Waals surface area contributed by atoms with Crippen LogP contribution in [0.15, 0.2) is 18.2 Å². The summed E-state index contributed by atoms with van der Waals surface area (Å²) < 4.78 is 0. The lowest BCUT2D eigenvalue weighted by Crippen LogP contribution is -2.42. The topological polar surface area (TPSA) is 18.5 Å². The van der Waals surface area contributed by atoms with Crippen molar-refractivity contribution >= 4 is 17.3 Å². The number of piperidine rings is 1. The zero-order chi connectivity index (χ0) is 15.2. The van der Waals surface area contributed by atoms with Crippen molar-refractivity contribution in [3.05, 3.63) is 28.8 Å². The van der Waals surface area contributed by atoms with Crippen LogP contribution in [-0.2, 0) is 6.54 Å². The molecule has 0 unspecified atom stereocenters. The summed E-state index contributed by atoms with van der Waals surface area (Å²) in [6.45, 7) is 6.41. The van der Waals surface area contributed by atoms with Gasteiger partial charge >= 0.3 is 0 Å². The lowest BCUT2D eigenvalue weighted by atomic mass is 10.0. The lowest BCUT2D eigenvalue weighted by molar-refractivity contribution is 0.249. The first-order valence-electron chi connectivity index (χ1n) is 8.02. The maximum Gasteiger partial charge on any atom is 0.0426 e. The number of rotatable bonds is 6. The molecule has 1 saturated heterocycles. The number of anilines is 1. The van der Waals surface area contributed by atoms with Crippen LogP contribution in [0.1, 0.15) is 31.7 Å². The molecule has 4 heteroatoms. The van der Waals surface area contributed by atoms with E-state index >= 15 is 0 Å². The van der Waals surface area contributed by atoms with Gasteiger partial charge in [0, 0.05) is 36.4 Å². The SMILES string of the molecule is CCCNCc1ccc(Cl)cc1N1CCC(N(C)C)CC1. The van der Waals surface area contributed by atoms with E-state index in [0.717, 1.165) is 37.6 Å². The predicted octanol–water partition coefficient (Wildman–Crippen LogP) is 3.37. The summed E-state index contributed by atoms with van der Waals surface area (Å²) in [6.07, 6.45) is 3.61. The fraction of sp³-hybridized carbons (Fsp3) is 0.647. The molecule has 1 heterocycles. The van der Waals surface area contributed by atoms with Crippen LogP contribution in [-0.4, -0.2) is 44.7 Å². The van der Waals surface area contributed by atoms with Crippen LogP contribution in [0.3, 0.4) is 0 Å². The number of hydrogen-bond acceptors (Lipinski definition) is 3. The molecule has 0 atom stereocenters. The normalized spacial score (nSPS) is 16.7. The van der Waals surface area contributed by atoms with E-state index in [1.807, 2.05) is 6.07 Å². The summed E-state index contributed by atoms with van der Waals surface area (Å²) in [6, 6.07) is 7.00. The summed E-state index contributed by atoms with van der Waals surface area (Å²) in [5, 5.41) is 4.33. The maximum atomic E-state index is 6.22. The van der Waals surface area contributed by atoms with E-state index < -0.39 is 0 Å². The minimum Gasteiger partial charge on any atom is -0.371 e. The quantitative estimate of drug-likeness (QED) is 0.813. The van der Waals surface area contributed by atoms with Crippen LogP contribution in [0.4, 0.5) is 5.69 Å². The number of halogens is 1. The number of hydrogen-bond donors (Lipinski definition) is 1. The van der Waals surface area contributed by atoms with E-state index in [2.05, 4.69) is 48.3 Å². The molecule has 0 bridgehead atoms. The van der Waals surface area contributed by atoms with Gasteiger partial charge in [-0.25, -0.2) is 0 Å². The molecule has 0 saturated carbocycles.